The molecule has 4 aromatic rings. The van der Waals surface area contributed by atoms with Gasteiger partial charge in [-0.15, -0.1) is 0 Å². The third-order valence-electron chi connectivity index (χ3n) is 5.75. The Labute approximate surface area is 179 Å². The number of hydrogen-bond donors (Lipinski definition) is 0. The lowest BCUT2D eigenvalue weighted by Gasteiger charge is -2.25. The first-order valence-corrected chi connectivity index (χ1v) is 10.1. The maximum Gasteiger partial charge on any atom is 0.291 e. The van der Waals surface area contributed by atoms with Gasteiger partial charge in [0.2, 0.25) is 5.76 Å². The highest BCUT2D eigenvalue weighted by Gasteiger charge is 2.42. The Morgan fingerprint density at radius 2 is 1.71 bits per heavy atom. The summed E-state index contributed by atoms with van der Waals surface area (Å²) < 4.78 is 11.3. The van der Waals surface area contributed by atoms with Crippen molar-refractivity contribution in [3.05, 3.63) is 111 Å². The second-order valence-corrected chi connectivity index (χ2v) is 7.77. The number of fused-ring (bicyclic) bond motifs is 2. The molecule has 0 N–H and O–H groups in total. The van der Waals surface area contributed by atoms with E-state index in [9.17, 15) is 9.59 Å². The summed E-state index contributed by atoms with van der Waals surface area (Å²) >= 11 is 0. The molecule has 1 aliphatic rings. The molecule has 0 aliphatic carbocycles. The summed E-state index contributed by atoms with van der Waals surface area (Å²) in [4.78, 5) is 28.7. The highest BCUT2D eigenvalue weighted by molar-refractivity contribution is 5.99. The van der Waals surface area contributed by atoms with E-state index in [2.05, 4.69) is 0 Å². The first-order chi connectivity index (χ1) is 15.1. The highest BCUT2D eigenvalue weighted by atomic mass is 16.5. The minimum Gasteiger partial charge on any atom is -0.497 e. The molecule has 0 spiro atoms. The number of methoxy groups -OCH3 is 1. The van der Waals surface area contributed by atoms with Crippen LogP contribution in [-0.4, -0.2) is 17.9 Å². The Morgan fingerprint density at radius 3 is 2.42 bits per heavy atom. The van der Waals surface area contributed by atoms with Crippen LogP contribution in [0.1, 0.15) is 38.9 Å². The standard InChI is InChI=1S/C26H21NO4/c1-16-8-13-21-20(14-16)24(28)22-23(18-9-11-19(30-2)12-10-18)27(26(29)25(22)31-21)15-17-6-4-3-5-7-17/h3-14,23H,15H2,1-2H3. The van der Waals surface area contributed by atoms with Crippen LogP contribution in [0.5, 0.6) is 5.75 Å². The van der Waals surface area contributed by atoms with Crippen LogP contribution < -0.4 is 10.2 Å². The van der Waals surface area contributed by atoms with E-state index >= 15 is 0 Å². The molecule has 5 rings (SSSR count). The predicted octanol–water partition coefficient (Wildman–Crippen LogP) is 4.86. The fourth-order valence-corrected chi connectivity index (χ4v) is 4.21. The molecule has 0 saturated carbocycles. The summed E-state index contributed by atoms with van der Waals surface area (Å²) in [6.07, 6.45) is 0. The molecule has 154 valence electrons. The topological polar surface area (TPSA) is 59.8 Å². The zero-order valence-electron chi connectivity index (χ0n) is 17.3. The average molecular weight is 411 g/mol. The van der Waals surface area contributed by atoms with E-state index in [1.807, 2.05) is 73.7 Å². The maximum atomic E-state index is 13.6. The summed E-state index contributed by atoms with van der Waals surface area (Å²) in [6.45, 7) is 2.30. The van der Waals surface area contributed by atoms with Gasteiger partial charge in [-0.05, 0) is 42.3 Å². The van der Waals surface area contributed by atoms with E-state index in [4.69, 9.17) is 9.15 Å². The number of aryl methyl sites for hydroxylation is 1. The van der Waals surface area contributed by atoms with Crippen molar-refractivity contribution in [3.63, 3.8) is 0 Å². The summed E-state index contributed by atoms with van der Waals surface area (Å²) in [6, 6.07) is 22.1. The van der Waals surface area contributed by atoms with Crippen molar-refractivity contribution in [2.75, 3.05) is 7.11 Å². The second-order valence-electron chi connectivity index (χ2n) is 7.77. The van der Waals surface area contributed by atoms with Crippen LogP contribution >= 0.6 is 0 Å². The van der Waals surface area contributed by atoms with Crippen molar-refractivity contribution in [1.82, 2.24) is 4.90 Å². The first-order valence-electron chi connectivity index (χ1n) is 10.1. The quantitative estimate of drug-likeness (QED) is 0.481. The lowest BCUT2D eigenvalue weighted by Crippen LogP contribution is -2.29. The van der Waals surface area contributed by atoms with Gasteiger partial charge in [0.05, 0.1) is 24.1 Å². The number of nitrogens with zero attached hydrogens (tertiary/aromatic N) is 1. The molecule has 0 radical (unpaired) electrons. The van der Waals surface area contributed by atoms with Crippen molar-refractivity contribution in [2.24, 2.45) is 0 Å². The number of amides is 1. The number of ether oxygens (including phenoxy) is 1. The van der Waals surface area contributed by atoms with Crippen molar-refractivity contribution < 1.29 is 13.9 Å². The number of hydrogen-bond acceptors (Lipinski definition) is 4. The summed E-state index contributed by atoms with van der Waals surface area (Å²) in [5.74, 6) is 0.557. The van der Waals surface area contributed by atoms with Crippen LogP contribution in [0, 0.1) is 6.92 Å². The average Bonchev–Trinajstić information content (AvgIpc) is 3.07. The van der Waals surface area contributed by atoms with Crippen molar-refractivity contribution in [1.29, 1.82) is 0 Å². The van der Waals surface area contributed by atoms with Crippen LogP contribution in [0.4, 0.5) is 0 Å². The molecule has 5 heteroatoms. The van der Waals surface area contributed by atoms with Crippen molar-refractivity contribution >= 4 is 16.9 Å². The molecular formula is C26H21NO4. The zero-order chi connectivity index (χ0) is 21.5. The third-order valence-corrected chi connectivity index (χ3v) is 5.75. The van der Waals surface area contributed by atoms with Crippen LogP contribution in [0.15, 0.2) is 82.0 Å². The largest absolute Gasteiger partial charge is 0.497 e. The molecule has 1 aliphatic heterocycles. The van der Waals surface area contributed by atoms with E-state index in [0.29, 0.717) is 28.8 Å². The highest BCUT2D eigenvalue weighted by Crippen LogP contribution is 2.39. The summed E-state index contributed by atoms with van der Waals surface area (Å²) in [5.41, 5.74) is 3.44. The number of rotatable bonds is 4. The van der Waals surface area contributed by atoms with Gasteiger partial charge in [0.15, 0.2) is 5.43 Å². The van der Waals surface area contributed by atoms with Crippen LogP contribution in [0.3, 0.4) is 0 Å². The van der Waals surface area contributed by atoms with Gasteiger partial charge >= 0.3 is 0 Å². The van der Waals surface area contributed by atoms with Gasteiger partial charge in [-0.3, -0.25) is 9.59 Å². The molecule has 1 aromatic heterocycles. The van der Waals surface area contributed by atoms with Gasteiger partial charge in [0.1, 0.15) is 11.3 Å². The molecule has 2 heterocycles. The molecule has 5 nitrogen and oxygen atoms in total. The monoisotopic (exact) mass is 411 g/mol. The molecule has 1 amide bonds. The number of carbonyl (C=O) groups excluding carboxylic acids is 1. The Bertz CT molecular complexity index is 1340. The SMILES string of the molecule is COc1ccc(C2c3c(oc4ccc(C)cc4c3=O)C(=O)N2Cc2ccccc2)cc1. The summed E-state index contributed by atoms with van der Waals surface area (Å²) in [5, 5.41) is 0.492. The van der Waals surface area contributed by atoms with E-state index < -0.39 is 6.04 Å². The number of carbonyl (C=O) groups is 1. The lowest BCUT2D eigenvalue weighted by atomic mass is 9.98. The molecule has 31 heavy (non-hydrogen) atoms. The van der Waals surface area contributed by atoms with E-state index in [1.54, 1.807) is 18.1 Å². The van der Waals surface area contributed by atoms with Gasteiger partial charge in [-0.25, -0.2) is 0 Å². The van der Waals surface area contributed by atoms with E-state index in [-0.39, 0.29) is 17.1 Å². The van der Waals surface area contributed by atoms with Crippen molar-refractivity contribution in [3.8, 4) is 5.75 Å². The Hall–Kier alpha value is -3.86. The van der Waals surface area contributed by atoms with Crippen LogP contribution in [0.2, 0.25) is 0 Å². The van der Waals surface area contributed by atoms with Gasteiger partial charge in [-0.2, -0.15) is 0 Å². The second kappa shape index (κ2) is 7.43. The summed E-state index contributed by atoms with van der Waals surface area (Å²) in [7, 11) is 1.61. The molecule has 0 fully saturated rings. The third kappa shape index (κ3) is 3.19. The van der Waals surface area contributed by atoms with Crippen LogP contribution in [0.25, 0.3) is 11.0 Å². The molecule has 1 atom stereocenters. The maximum absolute atomic E-state index is 13.6. The van der Waals surface area contributed by atoms with Crippen LogP contribution in [-0.2, 0) is 6.54 Å². The minimum atomic E-state index is -0.533. The smallest absolute Gasteiger partial charge is 0.291 e. The van der Waals surface area contributed by atoms with Gasteiger partial charge in [0.25, 0.3) is 5.91 Å². The zero-order valence-corrected chi connectivity index (χ0v) is 17.3. The molecular weight excluding hydrogens is 390 g/mol. The van der Waals surface area contributed by atoms with Gasteiger partial charge < -0.3 is 14.1 Å². The Kier molecular flexibility index (Phi) is 4.59. The van der Waals surface area contributed by atoms with Gasteiger partial charge in [0, 0.05) is 6.54 Å². The predicted molar refractivity (Wildman–Crippen MR) is 118 cm³/mol. The lowest BCUT2D eigenvalue weighted by molar-refractivity contribution is 0.0714. The van der Waals surface area contributed by atoms with Gasteiger partial charge in [-0.1, -0.05) is 54.1 Å². The number of benzene rings is 3. The fourth-order valence-electron chi connectivity index (χ4n) is 4.21. The minimum absolute atomic E-state index is 0.123. The molecule has 3 aromatic carbocycles. The first kappa shape index (κ1) is 19.1. The molecule has 1 unspecified atom stereocenters. The molecule has 0 bridgehead atoms. The van der Waals surface area contributed by atoms with E-state index in [1.165, 1.54) is 0 Å². The fraction of sp³-hybridized carbons (Fsp3) is 0.154. The van der Waals surface area contributed by atoms with Crippen molar-refractivity contribution in [2.45, 2.75) is 19.5 Å². The Morgan fingerprint density at radius 1 is 0.968 bits per heavy atom. The van der Waals surface area contributed by atoms with E-state index in [0.717, 1.165) is 16.7 Å². The Balaban J connectivity index is 1.72. The molecule has 0 saturated heterocycles. The normalized spacial score (nSPS) is 15.4.